The SMILES string of the molecule is CCCCOC(=O)c1ccccc1NC(=O)C(=O)N1CCCCCC1. The Hall–Kier alpha value is -2.37. The molecule has 0 saturated carbocycles. The first kappa shape index (κ1) is 19.0. The molecule has 0 aromatic heterocycles. The van der Waals surface area contributed by atoms with Crippen molar-refractivity contribution in [1.29, 1.82) is 0 Å². The summed E-state index contributed by atoms with van der Waals surface area (Å²) in [5.41, 5.74) is 0.563. The lowest BCUT2D eigenvalue weighted by atomic mass is 10.1. The van der Waals surface area contributed by atoms with E-state index in [1.165, 1.54) is 0 Å². The van der Waals surface area contributed by atoms with E-state index in [1.807, 2.05) is 6.92 Å². The van der Waals surface area contributed by atoms with Crippen LogP contribution < -0.4 is 5.32 Å². The van der Waals surface area contributed by atoms with E-state index < -0.39 is 17.8 Å². The van der Waals surface area contributed by atoms with Crippen LogP contribution in [0, 0.1) is 0 Å². The van der Waals surface area contributed by atoms with Crippen molar-refractivity contribution in [2.24, 2.45) is 0 Å². The molecular formula is C19H26N2O4. The van der Waals surface area contributed by atoms with Gasteiger partial charge in [-0.2, -0.15) is 0 Å². The minimum Gasteiger partial charge on any atom is -0.462 e. The van der Waals surface area contributed by atoms with Crippen LogP contribution >= 0.6 is 0 Å². The smallest absolute Gasteiger partial charge is 0.340 e. The van der Waals surface area contributed by atoms with Gasteiger partial charge in [0.1, 0.15) is 0 Å². The maximum atomic E-state index is 12.3. The number of benzene rings is 1. The largest absolute Gasteiger partial charge is 0.462 e. The molecule has 0 atom stereocenters. The standard InChI is InChI=1S/C19H26N2O4/c1-2-3-14-25-19(24)15-10-6-7-11-16(15)20-17(22)18(23)21-12-8-4-5-9-13-21/h6-7,10-11H,2-5,8-9,12-14H2,1H3,(H,20,22). The molecule has 0 radical (unpaired) electrons. The summed E-state index contributed by atoms with van der Waals surface area (Å²) < 4.78 is 5.20. The molecule has 1 saturated heterocycles. The van der Waals surface area contributed by atoms with E-state index in [-0.39, 0.29) is 5.56 Å². The second-order valence-electron chi connectivity index (χ2n) is 6.20. The van der Waals surface area contributed by atoms with Crippen LogP contribution in [0.4, 0.5) is 5.69 Å². The van der Waals surface area contributed by atoms with Crippen molar-refractivity contribution in [1.82, 2.24) is 4.90 Å². The number of nitrogens with zero attached hydrogens (tertiary/aromatic N) is 1. The lowest BCUT2D eigenvalue weighted by Gasteiger charge is -2.19. The van der Waals surface area contributed by atoms with Crippen LogP contribution in [0.3, 0.4) is 0 Å². The summed E-state index contributed by atoms with van der Waals surface area (Å²) in [5, 5.41) is 2.57. The molecule has 1 aliphatic rings. The van der Waals surface area contributed by atoms with E-state index in [2.05, 4.69) is 5.32 Å². The van der Waals surface area contributed by atoms with Gasteiger partial charge in [0.05, 0.1) is 17.9 Å². The molecule has 0 aliphatic carbocycles. The van der Waals surface area contributed by atoms with Gasteiger partial charge in [-0.25, -0.2) is 4.79 Å². The highest BCUT2D eigenvalue weighted by Crippen LogP contribution is 2.17. The van der Waals surface area contributed by atoms with Crippen molar-refractivity contribution < 1.29 is 19.1 Å². The fourth-order valence-electron chi connectivity index (χ4n) is 2.75. The van der Waals surface area contributed by atoms with Crippen molar-refractivity contribution in [3.05, 3.63) is 29.8 Å². The Labute approximate surface area is 148 Å². The molecular weight excluding hydrogens is 320 g/mol. The summed E-state index contributed by atoms with van der Waals surface area (Å²) in [5.74, 6) is -1.75. The average Bonchev–Trinajstić information content (AvgIpc) is 2.91. The summed E-state index contributed by atoms with van der Waals surface area (Å²) >= 11 is 0. The molecule has 1 aliphatic heterocycles. The molecule has 1 aromatic carbocycles. The quantitative estimate of drug-likeness (QED) is 0.505. The molecule has 1 heterocycles. The lowest BCUT2D eigenvalue weighted by Crippen LogP contribution is -2.40. The highest BCUT2D eigenvalue weighted by atomic mass is 16.5. The number of para-hydroxylation sites is 1. The maximum Gasteiger partial charge on any atom is 0.340 e. The van der Waals surface area contributed by atoms with Gasteiger partial charge >= 0.3 is 17.8 Å². The Kier molecular flexibility index (Phi) is 7.44. The van der Waals surface area contributed by atoms with E-state index in [0.29, 0.717) is 25.4 Å². The van der Waals surface area contributed by atoms with Crippen molar-refractivity contribution in [2.45, 2.75) is 45.4 Å². The second kappa shape index (κ2) is 9.81. The van der Waals surface area contributed by atoms with Crippen molar-refractivity contribution in [3.63, 3.8) is 0 Å². The zero-order valence-corrected chi connectivity index (χ0v) is 14.8. The van der Waals surface area contributed by atoms with E-state index >= 15 is 0 Å². The number of rotatable bonds is 5. The van der Waals surface area contributed by atoms with Crippen molar-refractivity contribution in [3.8, 4) is 0 Å². The fourth-order valence-corrected chi connectivity index (χ4v) is 2.75. The normalized spacial score (nSPS) is 14.5. The van der Waals surface area contributed by atoms with Crippen LogP contribution in [0.15, 0.2) is 24.3 Å². The van der Waals surface area contributed by atoms with Crippen molar-refractivity contribution >= 4 is 23.5 Å². The number of amides is 2. The Morgan fingerprint density at radius 1 is 1.08 bits per heavy atom. The van der Waals surface area contributed by atoms with Gasteiger partial charge in [0.25, 0.3) is 0 Å². The topological polar surface area (TPSA) is 75.7 Å². The van der Waals surface area contributed by atoms with Gasteiger partial charge in [-0.05, 0) is 31.4 Å². The van der Waals surface area contributed by atoms with E-state index in [1.54, 1.807) is 29.2 Å². The molecule has 1 aromatic rings. The molecule has 2 amide bonds. The number of carbonyl (C=O) groups is 3. The highest BCUT2D eigenvalue weighted by molar-refractivity contribution is 6.39. The summed E-state index contributed by atoms with van der Waals surface area (Å²) in [7, 11) is 0. The summed E-state index contributed by atoms with van der Waals surface area (Å²) in [6, 6.07) is 6.59. The number of unbranched alkanes of at least 4 members (excludes halogenated alkanes) is 1. The number of carbonyl (C=O) groups excluding carboxylic acids is 3. The number of anilines is 1. The third-order valence-electron chi connectivity index (χ3n) is 4.21. The van der Waals surface area contributed by atoms with Crippen LogP contribution in [0.1, 0.15) is 55.8 Å². The second-order valence-corrected chi connectivity index (χ2v) is 6.20. The van der Waals surface area contributed by atoms with Crippen molar-refractivity contribution in [2.75, 3.05) is 25.0 Å². The Bertz CT molecular complexity index is 607. The van der Waals surface area contributed by atoms with Crippen LogP contribution in [-0.2, 0) is 14.3 Å². The monoisotopic (exact) mass is 346 g/mol. The Morgan fingerprint density at radius 2 is 1.76 bits per heavy atom. The first-order chi connectivity index (χ1) is 12.1. The average molecular weight is 346 g/mol. The predicted molar refractivity (Wildman–Crippen MR) is 95.3 cm³/mol. The fraction of sp³-hybridized carbons (Fsp3) is 0.526. The number of hydrogen-bond acceptors (Lipinski definition) is 4. The highest BCUT2D eigenvalue weighted by Gasteiger charge is 2.24. The molecule has 1 N–H and O–H groups in total. The molecule has 0 spiro atoms. The zero-order chi connectivity index (χ0) is 18.1. The minimum atomic E-state index is -0.712. The summed E-state index contributed by atoms with van der Waals surface area (Å²) in [6.07, 6.45) is 5.71. The molecule has 136 valence electrons. The Balaban J connectivity index is 2.02. The van der Waals surface area contributed by atoms with Crippen LogP contribution in [0.2, 0.25) is 0 Å². The minimum absolute atomic E-state index is 0.260. The van der Waals surface area contributed by atoms with E-state index in [0.717, 1.165) is 38.5 Å². The van der Waals surface area contributed by atoms with Crippen LogP contribution in [-0.4, -0.2) is 42.4 Å². The van der Waals surface area contributed by atoms with Gasteiger partial charge in [-0.1, -0.05) is 38.3 Å². The van der Waals surface area contributed by atoms with Gasteiger partial charge in [0, 0.05) is 13.1 Å². The summed E-state index contributed by atoms with van der Waals surface area (Å²) in [4.78, 5) is 38.4. The number of ether oxygens (including phenoxy) is 1. The van der Waals surface area contributed by atoms with E-state index in [4.69, 9.17) is 4.74 Å². The number of esters is 1. The molecule has 1 fully saturated rings. The van der Waals surface area contributed by atoms with Gasteiger partial charge < -0.3 is 15.0 Å². The first-order valence-electron chi connectivity index (χ1n) is 9.00. The van der Waals surface area contributed by atoms with Gasteiger partial charge in [0.2, 0.25) is 0 Å². The summed E-state index contributed by atoms with van der Waals surface area (Å²) in [6.45, 7) is 3.56. The van der Waals surface area contributed by atoms with Gasteiger partial charge in [-0.15, -0.1) is 0 Å². The van der Waals surface area contributed by atoms with Gasteiger partial charge in [-0.3, -0.25) is 9.59 Å². The Morgan fingerprint density at radius 3 is 2.44 bits per heavy atom. The van der Waals surface area contributed by atoms with E-state index in [9.17, 15) is 14.4 Å². The molecule has 6 heteroatoms. The van der Waals surface area contributed by atoms with Crippen LogP contribution in [0.5, 0.6) is 0 Å². The molecule has 0 bridgehead atoms. The molecule has 25 heavy (non-hydrogen) atoms. The predicted octanol–water partition coefficient (Wildman–Crippen LogP) is 2.98. The molecule has 6 nitrogen and oxygen atoms in total. The zero-order valence-electron chi connectivity index (χ0n) is 14.8. The third-order valence-corrected chi connectivity index (χ3v) is 4.21. The van der Waals surface area contributed by atoms with Crippen LogP contribution in [0.25, 0.3) is 0 Å². The third kappa shape index (κ3) is 5.59. The maximum absolute atomic E-state index is 12.3. The lowest BCUT2D eigenvalue weighted by molar-refractivity contribution is -0.143. The van der Waals surface area contributed by atoms with Gasteiger partial charge in [0.15, 0.2) is 0 Å². The molecule has 2 rings (SSSR count). The number of nitrogens with one attached hydrogen (secondary N) is 1. The first-order valence-corrected chi connectivity index (χ1v) is 9.00. The molecule has 0 unspecified atom stereocenters. The number of hydrogen-bond donors (Lipinski definition) is 1. The number of likely N-dealkylation sites (tertiary alicyclic amines) is 1.